The first kappa shape index (κ1) is 111. The first-order valence-electron chi connectivity index (χ1n) is 43.6. The number of ketones is 1. The van der Waals surface area contributed by atoms with Crippen molar-refractivity contribution in [3.63, 3.8) is 0 Å². The van der Waals surface area contributed by atoms with E-state index in [-0.39, 0.29) is 109 Å². The fourth-order valence-electron chi connectivity index (χ4n) is 14.2. The number of carboxylic acids is 1. The Labute approximate surface area is 782 Å². The number of H-pyrrole nitrogens is 1. The van der Waals surface area contributed by atoms with E-state index in [0.717, 1.165) is 6.42 Å². The van der Waals surface area contributed by atoms with Crippen molar-refractivity contribution in [2.24, 2.45) is 95.2 Å². The standard InChI is InChI=1S/C86H122F5N29O17/c87-64-49(65(88)67(90)68(91)66(64)89)39-60(118-80(135)62(42-122)120-77(132)59(38-47-40-109-51-19-8-7-18-48(47)51)117-79(134)61(41-121)119-70(125)50(92)36-44-25-27-46(28-26-44)69(124)45-16-5-2-6-17-45)78(133)116-58(37-43-14-3-1-4-15-43)76(131)113-54(22-11-33-106-84(98)99)72(127)110-52(20-9-31-104-82(94)95)71(126)111-53(21-10-32-105-83(96)97)73(128)114-56(29-30-63(93)123)75(130)112-55(23-12-34-107-85(100)101)74(129)115-57(81(136)137)24-13-35-108-86(102)103/h2,5-8,16-19,25-28,40,43,50,52-62,109,121-122H,1,3-4,9-15,20-24,29-39,41-42,92H2,(H2,93,123)(H,110,127)(H,111,126)(H,112,130)(H,113,131)(H,114,128)(H,115,129)(H,116,133)(H,117,134)(H,118,135)(H,119,125)(H,120,132)(H,136,137)(H4,94,95,104)(H4,96,97,105)(H4,98,99,106)(H4,100,101,107)(H4,102,103,108). The molecule has 0 saturated heterocycles. The number of nitrogens with zero attached hydrogens (tertiary/aromatic N) is 11. The van der Waals surface area contributed by atoms with Crippen LogP contribution in [0.25, 0.3) is 10.9 Å². The smallest absolute Gasteiger partial charge is 0.328 e. The molecule has 39 N–H and O–H groups in total. The summed E-state index contributed by atoms with van der Waals surface area (Å²) < 4.78 is 77.4. The molecule has 0 spiro atoms. The number of aliphatic hydroxyl groups is 14. The number of guanidine groups is 5. The van der Waals surface area contributed by atoms with Crippen molar-refractivity contribution in [2.75, 3.05) is 45.9 Å². The van der Waals surface area contributed by atoms with Crippen LogP contribution in [0.5, 0.6) is 0 Å². The van der Waals surface area contributed by atoms with Gasteiger partial charge in [-0.15, -0.1) is 0 Å². The lowest BCUT2D eigenvalue weighted by Crippen LogP contribution is -2.36. The number of carbonyl (C=O) groups is 2. The van der Waals surface area contributed by atoms with E-state index in [1.54, 1.807) is 78.9 Å². The lowest BCUT2D eigenvalue weighted by Gasteiger charge is -2.25. The minimum absolute atomic E-state index is 0.0195. The highest BCUT2D eigenvalue weighted by Gasteiger charge is 2.36. The zero-order valence-corrected chi connectivity index (χ0v) is 74.7. The van der Waals surface area contributed by atoms with Gasteiger partial charge < -0.3 is 143 Å². The highest BCUT2D eigenvalue weighted by atomic mass is 19.2. The van der Waals surface area contributed by atoms with Crippen LogP contribution in [0.2, 0.25) is 0 Å². The third-order valence-corrected chi connectivity index (χ3v) is 21.4. The number of nitrogens with two attached hydrogens (primary N) is 6. The number of aromatic amines is 1. The Bertz CT molecular complexity index is 5240. The summed E-state index contributed by atoms with van der Waals surface area (Å²) in [5.74, 6) is -30.1. The van der Waals surface area contributed by atoms with Gasteiger partial charge in [-0.1, -0.05) is 105 Å². The Balaban J connectivity index is 1.50. The summed E-state index contributed by atoms with van der Waals surface area (Å²) in [5.41, 5.74) is 34.5. The molecule has 12 unspecified atom stereocenters. The van der Waals surface area contributed by atoms with E-state index >= 15 is 17.6 Å². The number of carbonyl (C=O) groups excluding carboxylic acids is 1. The molecule has 0 amide bonds. The number of aliphatic hydroxyl groups excluding tert-OH is 14. The summed E-state index contributed by atoms with van der Waals surface area (Å²) in [4.78, 5) is 74.5. The summed E-state index contributed by atoms with van der Waals surface area (Å²) in [7, 11) is 0. The van der Waals surface area contributed by atoms with Gasteiger partial charge in [-0.2, -0.15) is 0 Å². The average Bonchev–Trinajstić information content (AvgIpc) is 1.26. The second kappa shape index (κ2) is 56.3. The molecule has 1 aromatic heterocycles. The van der Waals surface area contributed by atoms with Gasteiger partial charge in [-0.3, -0.25) is 37.3 Å². The molecule has 1 aliphatic rings. The van der Waals surface area contributed by atoms with E-state index in [4.69, 9.17) is 66.9 Å². The van der Waals surface area contributed by atoms with Gasteiger partial charge in [0.15, 0.2) is 88.8 Å². The number of carboxylic acid groups (broad SMARTS) is 1. The fraction of sp³-hybridized carbons (Fsp3) is 0.477. The molecule has 137 heavy (non-hydrogen) atoms. The maximum absolute atomic E-state index is 16.0. The summed E-state index contributed by atoms with van der Waals surface area (Å²) in [5, 5.41) is 233. The van der Waals surface area contributed by atoms with E-state index < -0.39 is 265 Å². The van der Waals surface area contributed by atoms with E-state index in [0.29, 0.717) is 58.8 Å². The molecule has 5 aromatic rings. The van der Waals surface area contributed by atoms with Crippen LogP contribution in [0.3, 0.4) is 0 Å². The lowest BCUT2D eigenvalue weighted by molar-refractivity contribution is -0.138. The maximum atomic E-state index is 16.0. The summed E-state index contributed by atoms with van der Waals surface area (Å²) >= 11 is 0. The van der Waals surface area contributed by atoms with Gasteiger partial charge in [-0.05, 0) is 107 Å². The molecule has 6 rings (SSSR count). The Hall–Kier alpha value is -14.9. The van der Waals surface area contributed by atoms with Gasteiger partial charge in [-0.25, -0.2) is 81.7 Å². The third kappa shape index (κ3) is 37.1. The lowest BCUT2D eigenvalue weighted by atomic mass is 9.85. The number of nitrogens with one attached hydrogen (secondary N) is 12. The van der Waals surface area contributed by atoms with Crippen LogP contribution < -0.4 is 61.0 Å². The maximum Gasteiger partial charge on any atom is 0.328 e. The number of para-hydroxylation sites is 1. The molecular formula is C86H122F5N29O17. The number of aliphatic carboxylic acids is 1. The molecule has 1 saturated carbocycles. The van der Waals surface area contributed by atoms with Crippen LogP contribution in [-0.4, -0.2) is 312 Å². The minimum atomic E-state index is -2.61. The average molecular weight is 1930 g/mol. The molecule has 46 nitrogen and oxygen atoms in total. The number of rotatable bonds is 58. The molecule has 1 aliphatic carbocycles. The first-order valence-corrected chi connectivity index (χ1v) is 43.6. The van der Waals surface area contributed by atoms with Crippen LogP contribution in [0.15, 0.2) is 140 Å². The van der Waals surface area contributed by atoms with Crippen molar-refractivity contribution in [2.45, 2.75) is 207 Å². The Kier molecular flexibility index (Phi) is 45.6. The van der Waals surface area contributed by atoms with Crippen molar-refractivity contribution in [3.8, 4) is 0 Å². The number of aromatic nitrogens is 1. The second-order valence-electron chi connectivity index (χ2n) is 31.9. The van der Waals surface area contributed by atoms with Gasteiger partial charge in [0.05, 0.1) is 19.3 Å². The summed E-state index contributed by atoms with van der Waals surface area (Å²) in [6.07, 6.45) is -1.02. The fourth-order valence-corrected chi connectivity index (χ4v) is 14.2. The van der Waals surface area contributed by atoms with E-state index in [9.17, 15) is 90.6 Å². The van der Waals surface area contributed by atoms with Gasteiger partial charge in [0.1, 0.15) is 48.3 Å². The molecule has 12 atom stereocenters. The zero-order chi connectivity index (χ0) is 101. The van der Waals surface area contributed by atoms with Crippen molar-refractivity contribution in [1.29, 1.82) is 32.5 Å². The monoisotopic (exact) mass is 1930 g/mol. The van der Waals surface area contributed by atoms with Crippen LogP contribution in [-0.2, 0) is 24.1 Å². The second-order valence-corrected chi connectivity index (χ2v) is 31.9. The Morgan fingerprint density at radius 1 is 0.380 bits per heavy atom. The quantitative estimate of drug-likeness (QED) is 0.00422. The zero-order valence-electron chi connectivity index (χ0n) is 74.7. The molecule has 1 fully saturated rings. The molecule has 4 aromatic carbocycles. The predicted octanol–water partition coefficient (Wildman–Crippen LogP) is 5.70. The van der Waals surface area contributed by atoms with E-state index in [1.807, 2.05) is 0 Å². The molecule has 0 radical (unpaired) electrons. The molecule has 748 valence electrons. The topological polar surface area (TPSA) is 849 Å². The summed E-state index contributed by atoms with van der Waals surface area (Å²) in [6.45, 7) is -2.80. The van der Waals surface area contributed by atoms with Crippen LogP contribution in [0, 0.1) is 67.5 Å². The normalized spacial score (nSPS) is 16.5. The number of fused-ring (bicyclic) bond motifs is 1. The summed E-state index contributed by atoms with van der Waals surface area (Å²) in [6, 6.07) is -0.485. The number of aliphatic imine (C=N–C) groups is 11. The van der Waals surface area contributed by atoms with Crippen LogP contribution in [0.1, 0.15) is 148 Å². The molecule has 0 aliphatic heterocycles. The predicted molar refractivity (Wildman–Crippen MR) is 511 cm³/mol. The molecule has 51 heteroatoms. The minimum Gasteiger partial charge on any atom is -0.497 e. The third-order valence-electron chi connectivity index (χ3n) is 21.4. The SMILES string of the molecule is N=C(O)CCC(N=C(O)C(CCCNC(=N)N)N=C(O)C(CCCNC(=N)N)N=C(O)C(CCCNC(=N)N)N=C(O)C(CC1CCCCC1)N=C(O)C(Cc1c(F)c(F)c(F)c(F)c1F)N=C(O)C(CO)N=C(O)C(Cc1c[nH]c2ccccc12)N=C(O)C(CO)N=C(O)C(N)Cc1ccc(C(=O)c2ccccc2)cc1)C(O)=NC(CCCNC(=N)N)C(O)=NC(CCCNC(=N)N)C(=O)O. The number of hydrogen-bond acceptors (Lipinski definition) is 22. The van der Waals surface area contributed by atoms with Crippen molar-refractivity contribution >= 4 is 123 Å². The van der Waals surface area contributed by atoms with Crippen molar-refractivity contribution in [1.82, 2.24) is 31.6 Å². The van der Waals surface area contributed by atoms with Crippen LogP contribution in [0.4, 0.5) is 22.0 Å². The number of hydrogen-bond donors (Lipinski definition) is 33. The number of benzene rings is 4. The Morgan fingerprint density at radius 2 is 0.708 bits per heavy atom. The van der Waals surface area contributed by atoms with Gasteiger partial charge in [0.2, 0.25) is 64.8 Å². The van der Waals surface area contributed by atoms with E-state index in [2.05, 4.69) is 86.5 Å². The van der Waals surface area contributed by atoms with Gasteiger partial charge >= 0.3 is 5.97 Å². The van der Waals surface area contributed by atoms with Crippen molar-refractivity contribution in [3.05, 3.63) is 142 Å². The van der Waals surface area contributed by atoms with Crippen molar-refractivity contribution < 1.29 is 108 Å². The molecule has 1 heterocycles. The highest BCUT2D eigenvalue weighted by molar-refractivity contribution is 6.09. The largest absolute Gasteiger partial charge is 0.497 e. The first-order chi connectivity index (χ1) is 65.1. The molecular weight excluding hydrogens is 1810 g/mol. The Morgan fingerprint density at radius 3 is 1.12 bits per heavy atom. The highest BCUT2D eigenvalue weighted by Crippen LogP contribution is 2.31. The number of halogens is 5. The molecule has 0 bridgehead atoms. The van der Waals surface area contributed by atoms with Crippen LogP contribution >= 0.6 is 0 Å². The van der Waals surface area contributed by atoms with Gasteiger partial charge in [0.25, 0.3) is 0 Å². The van der Waals surface area contributed by atoms with Gasteiger partial charge in [0, 0.05) is 85.8 Å². The van der Waals surface area contributed by atoms with E-state index in [1.165, 1.54) is 6.20 Å².